The van der Waals surface area contributed by atoms with Crippen molar-refractivity contribution in [2.45, 2.75) is 18.9 Å². The first-order valence-electron chi connectivity index (χ1n) is 10.7. The van der Waals surface area contributed by atoms with E-state index in [1.54, 1.807) is 22.8 Å². The molecule has 162 valence electrons. The molecule has 31 heavy (non-hydrogen) atoms. The molecular weight excluding hydrogens is 397 g/mol. The van der Waals surface area contributed by atoms with Crippen molar-refractivity contribution in [1.82, 2.24) is 29.9 Å². The Hall–Kier alpha value is -3.04. The summed E-state index contributed by atoms with van der Waals surface area (Å²) in [6.45, 7) is 4.21. The highest BCUT2D eigenvalue weighted by Crippen LogP contribution is 2.35. The number of aromatic nitrogens is 3. The maximum atomic E-state index is 13.8. The van der Waals surface area contributed by atoms with Gasteiger partial charge in [0, 0.05) is 32.7 Å². The topological polar surface area (TPSA) is 69.0 Å². The molecule has 2 saturated heterocycles. The number of hydrogen-bond donors (Lipinski definition) is 1. The molecular formula is C22H26FN7O. The van der Waals surface area contributed by atoms with Crippen LogP contribution >= 0.6 is 0 Å². The number of halogens is 1. The summed E-state index contributed by atoms with van der Waals surface area (Å²) in [4.78, 5) is 21.7. The summed E-state index contributed by atoms with van der Waals surface area (Å²) in [5.74, 6) is 0.306. The summed E-state index contributed by atoms with van der Waals surface area (Å²) < 4.78 is 15.4. The van der Waals surface area contributed by atoms with Gasteiger partial charge in [0.15, 0.2) is 11.3 Å². The zero-order valence-electron chi connectivity index (χ0n) is 17.5. The van der Waals surface area contributed by atoms with Crippen molar-refractivity contribution in [2.24, 2.45) is 0 Å². The zero-order chi connectivity index (χ0) is 21.4. The SMILES string of the molecule is CN1CCN(NC(=O)c2cnc3ccc(N4CCCC4c4cccc(F)c4)nn23)CC1. The van der Waals surface area contributed by atoms with E-state index in [2.05, 4.69) is 27.3 Å². The maximum Gasteiger partial charge on any atom is 0.285 e. The van der Waals surface area contributed by atoms with Gasteiger partial charge in [-0.3, -0.25) is 10.2 Å². The van der Waals surface area contributed by atoms with E-state index in [1.807, 2.05) is 23.2 Å². The second-order valence-electron chi connectivity index (χ2n) is 8.24. The normalized spacial score (nSPS) is 20.5. The molecule has 0 aliphatic carbocycles. The van der Waals surface area contributed by atoms with Crippen LogP contribution in [0.15, 0.2) is 42.6 Å². The quantitative estimate of drug-likeness (QED) is 0.693. The second kappa shape index (κ2) is 8.24. The molecule has 2 aliphatic heterocycles. The Kier molecular flexibility index (Phi) is 5.29. The third kappa shape index (κ3) is 3.98. The minimum atomic E-state index is -0.231. The average Bonchev–Trinajstić information content (AvgIpc) is 3.42. The third-order valence-electron chi connectivity index (χ3n) is 6.12. The first-order chi connectivity index (χ1) is 15.1. The van der Waals surface area contributed by atoms with E-state index in [0.717, 1.165) is 56.9 Å². The standard InChI is InChI=1S/C22H26FN7O/c1-27-10-12-28(13-11-27)26-22(31)19-15-24-20-7-8-21(25-30(19)20)29-9-3-6-18(29)16-4-2-5-17(23)14-16/h2,4-5,7-8,14-15,18H,3,6,9-13H2,1H3,(H,26,31). The monoisotopic (exact) mass is 423 g/mol. The Labute approximate surface area is 180 Å². The number of rotatable bonds is 4. The number of carbonyl (C=O) groups excluding carboxylic acids is 1. The van der Waals surface area contributed by atoms with E-state index in [9.17, 15) is 9.18 Å². The molecule has 9 heteroatoms. The van der Waals surface area contributed by atoms with Crippen molar-refractivity contribution in [3.8, 4) is 0 Å². The molecule has 1 unspecified atom stereocenters. The van der Waals surface area contributed by atoms with Crippen LogP contribution in [0.5, 0.6) is 0 Å². The number of likely N-dealkylation sites (N-methyl/N-ethyl adjacent to an activating group) is 1. The van der Waals surface area contributed by atoms with Gasteiger partial charge in [-0.1, -0.05) is 12.1 Å². The molecule has 8 nitrogen and oxygen atoms in total. The molecule has 1 atom stereocenters. The van der Waals surface area contributed by atoms with Crippen molar-refractivity contribution in [3.63, 3.8) is 0 Å². The van der Waals surface area contributed by atoms with E-state index in [-0.39, 0.29) is 17.8 Å². The number of benzene rings is 1. The molecule has 4 heterocycles. The lowest BCUT2D eigenvalue weighted by atomic mass is 10.0. The smallest absolute Gasteiger partial charge is 0.285 e. The van der Waals surface area contributed by atoms with E-state index in [4.69, 9.17) is 5.10 Å². The molecule has 1 aromatic carbocycles. The molecule has 0 saturated carbocycles. The number of imidazole rings is 1. The van der Waals surface area contributed by atoms with Gasteiger partial charge in [-0.15, -0.1) is 5.10 Å². The number of piperazine rings is 1. The summed E-state index contributed by atoms with van der Waals surface area (Å²) in [6, 6.07) is 10.6. The number of nitrogens with one attached hydrogen (secondary N) is 1. The molecule has 0 radical (unpaired) electrons. The lowest BCUT2D eigenvalue weighted by molar-refractivity contribution is 0.0656. The first-order valence-corrected chi connectivity index (χ1v) is 10.7. The van der Waals surface area contributed by atoms with Gasteiger partial charge in [-0.25, -0.2) is 18.9 Å². The Bertz CT molecular complexity index is 1090. The summed E-state index contributed by atoms with van der Waals surface area (Å²) in [7, 11) is 2.07. The third-order valence-corrected chi connectivity index (χ3v) is 6.12. The number of fused-ring (bicyclic) bond motifs is 1. The van der Waals surface area contributed by atoms with Gasteiger partial charge >= 0.3 is 0 Å². The van der Waals surface area contributed by atoms with Crippen LogP contribution in [0, 0.1) is 5.82 Å². The van der Waals surface area contributed by atoms with Crippen molar-refractivity contribution in [3.05, 3.63) is 59.7 Å². The molecule has 3 aromatic rings. The number of amides is 1. The Morgan fingerprint density at radius 3 is 2.77 bits per heavy atom. The minimum Gasteiger partial charge on any atom is -0.348 e. The lowest BCUT2D eigenvalue weighted by Gasteiger charge is -2.32. The Balaban J connectivity index is 1.40. The van der Waals surface area contributed by atoms with Crippen LogP contribution in [0.1, 0.15) is 34.9 Å². The van der Waals surface area contributed by atoms with E-state index < -0.39 is 0 Å². The molecule has 0 spiro atoms. The molecule has 5 rings (SSSR count). The number of hydrazine groups is 1. The maximum absolute atomic E-state index is 13.8. The second-order valence-corrected chi connectivity index (χ2v) is 8.24. The van der Waals surface area contributed by atoms with Crippen LogP contribution in [0.4, 0.5) is 10.2 Å². The highest BCUT2D eigenvalue weighted by atomic mass is 19.1. The van der Waals surface area contributed by atoms with Crippen LogP contribution in [-0.4, -0.2) is 70.2 Å². The van der Waals surface area contributed by atoms with Gasteiger partial charge in [-0.05, 0) is 49.7 Å². The van der Waals surface area contributed by atoms with Crippen molar-refractivity contribution >= 4 is 17.4 Å². The molecule has 1 N–H and O–H groups in total. The molecule has 1 amide bonds. The van der Waals surface area contributed by atoms with Gasteiger partial charge in [0.25, 0.3) is 5.91 Å². The van der Waals surface area contributed by atoms with Gasteiger partial charge in [0.05, 0.1) is 12.2 Å². The van der Waals surface area contributed by atoms with Gasteiger partial charge in [0.2, 0.25) is 0 Å². The van der Waals surface area contributed by atoms with E-state index >= 15 is 0 Å². The van der Waals surface area contributed by atoms with Crippen molar-refractivity contribution in [2.75, 3.05) is 44.7 Å². The Morgan fingerprint density at radius 2 is 1.97 bits per heavy atom. The highest BCUT2D eigenvalue weighted by molar-refractivity contribution is 5.92. The Morgan fingerprint density at radius 1 is 1.13 bits per heavy atom. The van der Waals surface area contributed by atoms with E-state index in [1.165, 1.54) is 6.07 Å². The van der Waals surface area contributed by atoms with Gasteiger partial charge in [-0.2, -0.15) is 0 Å². The minimum absolute atomic E-state index is 0.0618. The number of anilines is 1. The lowest BCUT2D eigenvalue weighted by Crippen LogP contribution is -2.52. The fourth-order valence-corrected chi connectivity index (χ4v) is 4.39. The predicted molar refractivity (Wildman–Crippen MR) is 115 cm³/mol. The summed E-state index contributed by atoms with van der Waals surface area (Å²) in [5, 5.41) is 6.68. The van der Waals surface area contributed by atoms with E-state index in [0.29, 0.717) is 11.3 Å². The predicted octanol–water partition coefficient (Wildman–Crippen LogP) is 2.10. The molecule has 2 fully saturated rings. The summed E-state index contributed by atoms with van der Waals surface area (Å²) in [6.07, 6.45) is 3.50. The molecule has 0 bridgehead atoms. The van der Waals surface area contributed by atoms with Crippen LogP contribution < -0.4 is 10.3 Å². The van der Waals surface area contributed by atoms with Crippen LogP contribution in [0.25, 0.3) is 5.65 Å². The largest absolute Gasteiger partial charge is 0.348 e. The molecule has 2 aliphatic rings. The van der Waals surface area contributed by atoms with Crippen LogP contribution in [0.3, 0.4) is 0 Å². The van der Waals surface area contributed by atoms with Crippen molar-refractivity contribution < 1.29 is 9.18 Å². The van der Waals surface area contributed by atoms with Crippen LogP contribution in [-0.2, 0) is 0 Å². The average molecular weight is 423 g/mol. The fraction of sp³-hybridized carbons (Fsp3) is 0.409. The fourth-order valence-electron chi connectivity index (χ4n) is 4.39. The van der Waals surface area contributed by atoms with Crippen LogP contribution in [0.2, 0.25) is 0 Å². The number of nitrogens with zero attached hydrogens (tertiary/aromatic N) is 6. The van der Waals surface area contributed by atoms with Gasteiger partial charge in [0.1, 0.15) is 11.6 Å². The number of hydrogen-bond acceptors (Lipinski definition) is 6. The highest BCUT2D eigenvalue weighted by Gasteiger charge is 2.28. The summed E-state index contributed by atoms with van der Waals surface area (Å²) in [5.41, 5.74) is 4.94. The zero-order valence-corrected chi connectivity index (χ0v) is 17.5. The first kappa shape index (κ1) is 19.9. The van der Waals surface area contributed by atoms with Crippen molar-refractivity contribution in [1.29, 1.82) is 0 Å². The summed E-state index contributed by atoms with van der Waals surface area (Å²) >= 11 is 0. The van der Waals surface area contributed by atoms with Gasteiger partial charge < -0.3 is 9.80 Å². The molecule has 2 aromatic heterocycles. The number of carbonyl (C=O) groups is 1.